The van der Waals surface area contributed by atoms with Gasteiger partial charge in [-0.15, -0.1) is 0 Å². The second-order valence-electron chi connectivity index (χ2n) is 9.19. The highest BCUT2D eigenvalue weighted by Gasteiger charge is 2.34. The van der Waals surface area contributed by atoms with E-state index in [4.69, 9.17) is 14.6 Å². The summed E-state index contributed by atoms with van der Waals surface area (Å²) in [5.74, 6) is -1.55. The molecule has 3 heterocycles. The molecule has 1 aromatic heterocycles. The van der Waals surface area contributed by atoms with Crippen LogP contribution in [-0.4, -0.2) is 46.8 Å². The number of hydrogen-bond donors (Lipinski definition) is 1. The maximum Gasteiger partial charge on any atom is 0.416 e. The first kappa shape index (κ1) is 24.9. The molecule has 0 amide bonds. The van der Waals surface area contributed by atoms with Crippen LogP contribution in [0, 0.1) is 11.7 Å². The number of ether oxygens (including phenoxy) is 2. The molecule has 37 heavy (non-hydrogen) atoms. The van der Waals surface area contributed by atoms with Gasteiger partial charge in [0.15, 0.2) is 0 Å². The fourth-order valence-corrected chi connectivity index (χ4v) is 4.67. The molecule has 1 saturated heterocycles. The van der Waals surface area contributed by atoms with E-state index < -0.39 is 36.1 Å². The molecule has 3 aromatic rings. The standard InChI is InChI=1S/C27H24F4N2O4/c28-24-11-21(12-25-22(24)9-17(15-37-25)13-32-8-5-18(14-32)26(34)35)36-16-19-3-4-20(33-6-1-2-7-33)10-23(19)27(29,30)31/h1-4,6-7,9-12,18H,5,8,13-16H2,(H,34,35). The molecular formula is C27H24F4N2O4. The Morgan fingerprint density at radius 2 is 1.95 bits per heavy atom. The molecule has 0 bridgehead atoms. The summed E-state index contributed by atoms with van der Waals surface area (Å²) in [6.07, 6.45) is 0.958. The minimum absolute atomic E-state index is 0.0551. The Kier molecular flexibility index (Phi) is 6.68. The number of halogens is 4. The summed E-state index contributed by atoms with van der Waals surface area (Å²) in [7, 11) is 0. The van der Waals surface area contributed by atoms with Crippen molar-refractivity contribution in [2.75, 3.05) is 26.2 Å². The summed E-state index contributed by atoms with van der Waals surface area (Å²) in [6, 6.07) is 10.00. The number of hydrogen-bond acceptors (Lipinski definition) is 4. The summed E-state index contributed by atoms with van der Waals surface area (Å²) >= 11 is 0. The number of carboxylic acid groups (broad SMARTS) is 1. The third-order valence-corrected chi connectivity index (χ3v) is 6.57. The fourth-order valence-electron chi connectivity index (χ4n) is 4.67. The van der Waals surface area contributed by atoms with Gasteiger partial charge in [0.1, 0.15) is 30.5 Å². The van der Waals surface area contributed by atoms with Gasteiger partial charge in [0.25, 0.3) is 0 Å². The number of carbonyl (C=O) groups is 1. The normalized spacial score (nSPS) is 17.7. The molecule has 2 aliphatic rings. The molecule has 194 valence electrons. The average Bonchev–Trinajstić information content (AvgIpc) is 3.55. The van der Waals surface area contributed by atoms with E-state index in [1.165, 1.54) is 12.1 Å². The molecule has 1 unspecified atom stereocenters. The van der Waals surface area contributed by atoms with Crippen LogP contribution < -0.4 is 9.47 Å². The molecular weight excluding hydrogens is 492 g/mol. The number of benzene rings is 2. The molecule has 2 aromatic carbocycles. The summed E-state index contributed by atoms with van der Waals surface area (Å²) in [5, 5.41) is 9.17. The Balaban J connectivity index is 1.30. The van der Waals surface area contributed by atoms with E-state index in [0.29, 0.717) is 31.7 Å². The monoisotopic (exact) mass is 516 g/mol. The van der Waals surface area contributed by atoms with Crippen LogP contribution in [0.25, 0.3) is 11.8 Å². The molecule has 0 saturated carbocycles. The van der Waals surface area contributed by atoms with Crippen molar-refractivity contribution in [3.63, 3.8) is 0 Å². The summed E-state index contributed by atoms with van der Waals surface area (Å²) in [4.78, 5) is 13.2. The van der Waals surface area contributed by atoms with Crippen LogP contribution in [0.5, 0.6) is 11.5 Å². The van der Waals surface area contributed by atoms with Gasteiger partial charge in [-0.2, -0.15) is 13.2 Å². The molecule has 1 fully saturated rings. The second-order valence-corrected chi connectivity index (χ2v) is 9.19. The van der Waals surface area contributed by atoms with Gasteiger partial charge in [0.2, 0.25) is 0 Å². The maximum absolute atomic E-state index is 14.9. The minimum atomic E-state index is -4.59. The van der Waals surface area contributed by atoms with Crippen molar-refractivity contribution in [1.82, 2.24) is 9.47 Å². The molecule has 6 nitrogen and oxygen atoms in total. The van der Waals surface area contributed by atoms with E-state index >= 15 is 0 Å². The fraction of sp³-hybridized carbons (Fsp3) is 0.296. The third-order valence-electron chi connectivity index (χ3n) is 6.57. The van der Waals surface area contributed by atoms with Gasteiger partial charge in [-0.25, -0.2) is 4.39 Å². The number of carboxylic acids is 1. The number of aliphatic carboxylic acids is 1. The highest BCUT2D eigenvalue weighted by molar-refractivity contribution is 5.70. The quantitative estimate of drug-likeness (QED) is 0.427. The van der Waals surface area contributed by atoms with Gasteiger partial charge in [0, 0.05) is 48.9 Å². The first-order valence-electron chi connectivity index (χ1n) is 11.7. The zero-order valence-electron chi connectivity index (χ0n) is 19.7. The average molecular weight is 516 g/mol. The predicted octanol–water partition coefficient (Wildman–Crippen LogP) is 5.40. The van der Waals surface area contributed by atoms with Crippen molar-refractivity contribution in [2.45, 2.75) is 19.2 Å². The number of likely N-dealkylation sites (tertiary alicyclic amines) is 1. The number of alkyl halides is 3. The van der Waals surface area contributed by atoms with Gasteiger partial charge in [0.05, 0.1) is 17.0 Å². The van der Waals surface area contributed by atoms with Crippen molar-refractivity contribution in [3.8, 4) is 17.2 Å². The molecule has 1 N–H and O–H groups in total. The van der Waals surface area contributed by atoms with Crippen LogP contribution in [0.2, 0.25) is 0 Å². The van der Waals surface area contributed by atoms with Gasteiger partial charge in [-0.3, -0.25) is 9.69 Å². The van der Waals surface area contributed by atoms with Crippen molar-refractivity contribution in [2.24, 2.45) is 5.92 Å². The highest BCUT2D eigenvalue weighted by atomic mass is 19.4. The maximum atomic E-state index is 14.9. The Morgan fingerprint density at radius 3 is 2.65 bits per heavy atom. The number of aromatic nitrogens is 1. The Morgan fingerprint density at radius 1 is 1.16 bits per heavy atom. The molecule has 0 radical (unpaired) electrons. The topological polar surface area (TPSA) is 63.9 Å². The van der Waals surface area contributed by atoms with E-state index in [-0.39, 0.29) is 29.2 Å². The van der Waals surface area contributed by atoms with E-state index in [1.807, 2.05) is 4.90 Å². The highest BCUT2D eigenvalue weighted by Crippen LogP contribution is 2.36. The van der Waals surface area contributed by atoms with Crippen LogP contribution in [0.1, 0.15) is 23.1 Å². The van der Waals surface area contributed by atoms with E-state index in [9.17, 15) is 22.4 Å². The van der Waals surface area contributed by atoms with Crippen molar-refractivity contribution in [3.05, 3.63) is 82.9 Å². The Labute approximate surface area is 210 Å². The summed E-state index contributed by atoms with van der Waals surface area (Å²) < 4.78 is 69.0. The number of rotatable bonds is 7. The molecule has 1 atom stereocenters. The molecule has 2 aliphatic heterocycles. The zero-order valence-corrected chi connectivity index (χ0v) is 19.7. The Hall–Kier alpha value is -3.79. The summed E-state index contributed by atoms with van der Waals surface area (Å²) in [6.45, 7) is 1.34. The lowest BCUT2D eigenvalue weighted by Crippen LogP contribution is -2.27. The van der Waals surface area contributed by atoms with Crippen LogP contribution >= 0.6 is 0 Å². The molecule has 5 rings (SSSR count). The lowest BCUT2D eigenvalue weighted by molar-refractivity contribution is -0.141. The molecule has 0 spiro atoms. The first-order valence-corrected chi connectivity index (χ1v) is 11.7. The lowest BCUT2D eigenvalue weighted by atomic mass is 10.1. The van der Waals surface area contributed by atoms with Crippen molar-refractivity contribution < 1.29 is 36.9 Å². The van der Waals surface area contributed by atoms with E-state index in [0.717, 1.165) is 17.7 Å². The molecule has 10 heteroatoms. The van der Waals surface area contributed by atoms with Crippen LogP contribution in [-0.2, 0) is 17.6 Å². The third kappa shape index (κ3) is 5.48. The van der Waals surface area contributed by atoms with E-state index in [1.54, 1.807) is 41.2 Å². The summed E-state index contributed by atoms with van der Waals surface area (Å²) in [5.41, 5.74) is 0.505. The Bertz CT molecular complexity index is 1330. The van der Waals surface area contributed by atoms with E-state index in [2.05, 4.69) is 0 Å². The van der Waals surface area contributed by atoms with Crippen molar-refractivity contribution in [1.29, 1.82) is 0 Å². The molecule has 0 aliphatic carbocycles. The predicted molar refractivity (Wildman–Crippen MR) is 127 cm³/mol. The van der Waals surface area contributed by atoms with Gasteiger partial charge < -0.3 is 19.1 Å². The largest absolute Gasteiger partial charge is 0.489 e. The second kappa shape index (κ2) is 9.93. The first-order chi connectivity index (χ1) is 17.7. The minimum Gasteiger partial charge on any atom is -0.489 e. The SMILES string of the molecule is O=C(O)C1CCN(CC2=Cc3c(F)cc(OCc4ccc(-n5cccc5)cc4C(F)(F)F)cc3OC2)C1. The van der Waals surface area contributed by atoms with Crippen molar-refractivity contribution >= 4 is 12.0 Å². The van der Waals surface area contributed by atoms with Gasteiger partial charge in [-0.05, 0) is 48.9 Å². The van der Waals surface area contributed by atoms with Gasteiger partial charge >= 0.3 is 12.1 Å². The number of nitrogens with zero attached hydrogens (tertiary/aromatic N) is 2. The van der Waals surface area contributed by atoms with Crippen LogP contribution in [0.3, 0.4) is 0 Å². The van der Waals surface area contributed by atoms with Crippen LogP contribution in [0.15, 0.2) is 60.4 Å². The number of fused-ring (bicyclic) bond motifs is 1. The van der Waals surface area contributed by atoms with Gasteiger partial charge in [-0.1, -0.05) is 6.07 Å². The van der Waals surface area contributed by atoms with Crippen LogP contribution in [0.4, 0.5) is 17.6 Å². The smallest absolute Gasteiger partial charge is 0.416 e. The lowest BCUT2D eigenvalue weighted by Gasteiger charge is -2.23. The zero-order chi connectivity index (χ0) is 26.2.